The van der Waals surface area contributed by atoms with Crippen molar-refractivity contribution in [3.8, 4) is 0 Å². The molecule has 0 saturated carbocycles. The standard InChI is InChI=1S/C12H20BrN3OS/c1-5-6-8(13)7-14-11(17)9-10(12(2,3)4)15-16-18-9/h8H,5-7H2,1-4H3,(H,14,17). The van der Waals surface area contributed by atoms with E-state index in [2.05, 4.69) is 37.8 Å². The van der Waals surface area contributed by atoms with Crippen LogP contribution in [0.3, 0.4) is 0 Å². The number of hydrogen-bond donors (Lipinski definition) is 1. The highest BCUT2D eigenvalue weighted by Gasteiger charge is 2.26. The van der Waals surface area contributed by atoms with Gasteiger partial charge in [-0.15, -0.1) is 5.10 Å². The lowest BCUT2D eigenvalue weighted by Gasteiger charge is -2.16. The Morgan fingerprint density at radius 3 is 2.72 bits per heavy atom. The lowest BCUT2D eigenvalue weighted by Crippen LogP contribution is -2.30. The van der Waals surface area contributed by atoms with Gasteiger partial charge in [0.25, 0.3) is 5.91 Å². The molecule has 0 spiro atoms. The molecule has 4 nitrogen and oxygen atoms in total. The summed E-state index contributed by atoms with van der Waals surface area (Å²) < 4.78 is 3.89. The van der Waals surface area contributed by atoms with Gasteiger partial charge in [-0.2, -0.15) is 0 Å². The Bertz CT molecular complexity index is 400. The minimum atomic E-state index is -0.156. The number of carbonyl (C=O) groups excluding carboxylic acids is 1. The van der Waals surface area contributed by atoms with Crippen LogP contribution in [0.5, 0.6) is 0 Å². The Balaban J connectivity index is 2.65. The van der Waals surface area contributed by atoms with Gasteiger partial charge in [0.1, 0.15) is 4.88 Å². The largest absolute Gasteiger partial charge is 0.350 e. The van der Waals surface area contributed by atoms with Crippen molar-refractivity contribution in [3.63, 3.8) is 0 Å². The third kappa shape index (κ3) is 4.31. The van der Waals surface area contributed by atoms with Gasteiger partial charge in [-0.05, 0) is 18.0 Å². The number of aromatic nitrogens is 2. The first-order valence-electron chi connectivity index (χ1n) is 6.11. The number of hydrogen-bond acceptors (Lipinski definition) is 4. The molecular weight excluding hydrogens is 314 g/mol. The van der Waals surface area contributed by atoms with Crippen LogP contribution in [0.1, 0.15) is 55.9 Å². The van der Waals surface area contributed by atoms with Gasteiger partial charge in [-0.1, -0.05) is 54.5 Å². The van der Waals surface area contributed by atoms with E-state index >= 15 is 0 Å². The van der Waals surface area contributed by atoms with Crippen molar-refractivity contribution in [1.82, 2.24) is 14.9 Å². The van der Waals surface area contributed by atoms with Gasteiger partial charge in [-0.3, -0.25) is 4.79 Å². The SMILES string of the molecule is CCCC(Br)CNC(=O)c1snnc1C(C)(C)C. The quantitative estimate of drug-likeness (QED) is 0.842. The van der Waals surface area contributed by atoms with E-state index in [1.807, 2.05) is 20.8 Å². The fourth-order valence-corrected chi connectivity index (χ4v) is 2.94. The summed E-state index contributed by atoms with van der Waals surface area (Å²) in [7, 11) is 0. The number of nitrogens with one attached hydrogen (secondary N) is 1. The van der Waals surface area contributed by atoms with E-state index in [1.165, 1.54) is 0 Å². The second-order valence-corrected chi connectivity index (χ2v) is 7.35. The number of rotatable bonds is 5. The highest BCUT2D eigenvalue weighted by molar-refractivity contribution is 9.09. The van der Waals surface area contributed by atoms with E-state index in [4.69, 9.17) is 0 Å². The summed E-state index contributed by atoms with van der Waals surface area (Å²) in [5.41, 5.74) is 0.614. The topological polar surface area (TPSA) is 54.9 Å². The molecule has 1 N–H and O–H groups in total. The van der Waals surface area contributed by atoms with Crippen molar-refractivity contribution < 1.29 is 4.79 Å². The minimum Gasteiger partial charge on any atom is -0.350 e. The number of amides is 1. The van der Waals surface area contributed by atoms with Crippen LogP contribution < -0.4 is 5.32 Å². The molecule has 0 saturated heterocycles. The summed E-state index contributed by atoms with van der Waals surface area (Å²) in [4.78, 5) is 13.0. The summed E-state index contributed by atoms with van der Waals surface area (Å²) in [5.74, 6) is -0.0736. The first kappa shape index (κ1) is 15.6. The Morgan fingerprint density at radius 1 is 1.50 bits per heavy atom. The van der Waals surface area contributed by atoms with Crippen molar-refractivity contribution >= 4 is 33.4 Å². The second-order valence-electron chi connectivity index (χ2n) is 5.30. The van der Waals surface area contributed by atoms with Gasteiger partial charge in [0.2, 0.25) is 0 Å². The maximum Gasteiger partial charge on any atom is 0.265 e. The van der Waals surface area contributed by atoms with Crippen molar-refractivity contribution in [2.45, 2.75) is 50.8 Å². The van der Waals surface area contributed by atoms with E-state index < -0.39 is 0 Å². The summed E-state index contributed by atoms with van der Waals surface area (Å²) in [6, 6.07) is 0. The van der Waals surface area contributed by atoms with E-state index in [0.717, 1.165) is 30.1 Å². The first-order valence-corrected chi connectivity index (χ1v) is 7.80. The summed E-state index contributed by atoms with van der Waals surface area (Å²) in [5, 5.41) is 6.99. The van der Waals surface area contributed by atoms with E-state index in [0.29, 0.717) is 16.2 Å². The summed E-state index contributed by atoms with van der Waals surface area (Å²) in [6.07, 6.45) is 2.15. The van der Waals surface area contributed by atoms with Gasteiger partial charge in [0.05, 0.1) is 5.69 Å². The van der Waals surface area contributed by atoms with Gasteiger partial charge in [0, 0.05) is 16.8 Å². The predicted octanol–water partition coefficient (Wildman–Crippen LogP) is 3.13. The molecule has 0 radical (unpaired) electrons. The van der Waals surface area contributed by atoms with Gasteiger partial charge in [-0.25, -0.2) is 0 Å². The van der Waals surface area contributed by atoms with Crippen LogP contribution in [0.4, 0.5) is 0 Å². The molecule has 1 aromatic rings. The van der Waals surface area contributed by atoms with Crippen LogP contribution in [0.25, 0.3) is 0 Å². The van der Waals surface area contributed by atoms with E-state index in [9.17, 15) is 4.79 Å². The number of halogens is 1. The van der Waals surface area contributed by atoms with Crippen LogP contribution in [0, 0.1) is 0 Å². The molecule has 0 aromatic carbocycles. The van der Waals surface area contributed by atoms with Crippen molar-refractivity contribution in [3.05, 3.63) is 10.6 Å². The molecule has 1 atom stereocenters. The third-order valence-corrected chi connectivity index (χ3v) is 4.00. The average Bonchev–Trinajstić information content (AvgIpc) is 2.74. The van der Waals surface area contributed by atoms with Crippen molar-refractivity contribution in [1.29, 1.82) is 0 Å². The Kier molecular flexibility index (Phi) is 5.72. The normalized spacial score (nSPS) is 13.4. The van der Waals surface area contributed by atoms with Gasteiger partial charge >= 0.3 is 0 Å². The molecule has 1 aromatic heterocycles. The molecule has 1 unspecified atom stereocenters. The zero-order chi connectivity index (χ0) is 13.8. The highest BCUT2D eigenvalue weighted by Crippen LogP contribution is 2.25. The van der Waals surface area contributed by atoms with Crippen LogP contribution in [-0.2, 0) is 5.41 Å². The summed E-state index contributed by atoms with van der Waals surface area (Å²) >= 11 is 4.71. The van der Waals surface area contributed by atoms with Crippen LogP contribution in [0.15, 0.2) is 0 Å². The molecule has 6 heteroatoms. The van der Waals surface area contributed by atoms with Crippen LogP contribution >= 0.6 is 27.5 Å². The van der Waals surface area contributed by atoms with Gasteiger partial charge in [0.15, 0.2) is 0 Å². The lowest BCUT2D eigenvalue weighted by molar-refractivity contribution is 0.0955. The maximum atomic E-state index is 12.1. The Morgan fingerprint density at radius 2 is 2.17 bits per heavy atom. The molecule has 0 aliphatic carbocycles. The fraction of sp³-hybridized carbons (Fsp3) is 0.750. The fourth-order valence-electron chi connectivity index (χ4n) is 1.53. The highest BCUT2D eigenvalue weighted by atomic mass is 79.9. The second kappa shape index (κ2) is 6.61. The molecule has 0 aliphatic heterocycles. The van der Waals surface area contributed by atoms with E-state index in [-0.39, 0.29) is 11.3 Å². The number of alkyl halides is 1. The lowest BCUT2D eigenvalue weighted by atomic mass is 9.91. The van der Waals surface area contributed by atoms with Crippen LogP contribution in [-0.4, -0.2) is 26.9 Å². The molecule has 102 valence electrons. The van der Waals surface area contributed by atoms with Crippen molar-refractivity contribution in [2.75, 3.05) is 6.54 Å². The smallest absolute Gasteiger partial charge is 0.265 e. The van der Waals surface area contributed by atoms with Gasteiger partial charge < -0.3 is 5.32 Å². The predicted molar refractivity (Wildman–Crippen MR) is 78.6 cm³/mol. The van der Waals surface area contributed by atoms with E-state index in [1.54, 1.807) is 0 Å². The molecule has 0 bridgehead atoms. The molecule has 0 aliphatic rings. The first-order chi connectivity index (χ1) is 8.36. The Labute approximate surface area is 121 Å². The number of carbonyl (C=O) groups is 1. The minimum absolute atomic E-state index is 0.0736. The van der Waals surface area contributed by atoms with Crippen LogP contribution in [0.2, 0.25) is 0 Å². The Hall–Kier alpha value is -0.490. The van der Waals surface area contributed by atoms with Crippen molar-refractivity contribution in [2.24, 2.45) is 0 Å². The molecule has 1 heterocycles. The molecular formula is C12H20BrN3OS. The average molecular weight is 334 g/mol. The third-order valence-electron chi connectivity index (χ3n) is 2.49. The monoisotopic (exact) mass is 333 g/mol. The molecule has 0 fully saturated rings. The molecule has 18 heavy (non-hydrogen) atoms. The molecule has 1 amide bonds. The molecule has 1 rings (SSSR count). The zero-order valence-electron chi connectivity index (χ0n) is 11.3. The number of nitrogens with zero attached hydrogens (tertiary/aromatic N) is 2. The maximum absolute atomic E-state index is 12.1. The summed E-state index contributed by atoms with van der Waals surface area (Å²) in [6.45, 7) is 8.86. The zero-order valence-corrected chi connectivity index (χ0v) is 13.7.